The summed E-state index contributed by atoms with van der Waals surface area (Å²) in [7, 11) is 0. The second-order valence-corrected chi connectivity index (χ2v) is 3.74. The lowest BCUT2D eigenvalue weighted by Gasteiger charge is -2.14. The van der Waals surface area contributed by atoms with E-state index in [1.807, 2.05) is 18.2 Å². The van der Waals surface area contributed by atoms with Crippen LogP contribution in [0.25, 0.3) is 0 Å². The molecule has 1 aromatic heterocycles. The Labute approximate surface area is 91.3 Å². The van der Waals surface area contributed by atoms with E-state index in [2.05, 4.69) is 29.6 Å². The van der Waals surface area contributed by atoms with E-state index in [1.165, 1.54) is 19.3 Å². The number of aromatic nitrogens is 1. The van der Waals surface area contributed by atoms with Crippen LogP contribution in [0, 0.1) is 0 Å². The van der Waals surface area contributed by atoms with Crippen LogP contribution < -0.4 is 16.6 Å². The minimum absolute atomic E-state index is 0.450. The van der Waals surface area contributed by atoms with Crippen molar-refractivity contribution in [2.45, 2.75) is 39.2 Å². The summed E-state index contributed by atoms with van der Waals surface area (Å²) in [5.41, 5.74) is 2.53. The van der Waals surface area contributed by atoms with Crippen molar-refractivity contribution in [3.8, 4) is 0 Å². The number of unbranched alkanes of at least 4 members (excludes halogenated alkanes) is 1. The Balaban J connectivity index is 2.48. The molecule has 84 valence electrons. The number of hydrogen-bond acceptors (Lipinski definition) is 4. The first-order valence-electron chi connectivity index (χ1n) is 5.46. The molecule has 0 bridgehead atoms. The maximum atomic E-state index is 5.29. The lowest BCUT2D eigenvalue weighted by atomic mass is 10.1. The van der Waals surface area contributed by atoms with E-state index in [4.69, 9.17) is 5.84 Å². The van der Waals surface area contributed by atoms with Crippen LogP contribution in [0.4, 0.5) is 11.6 Å². The summed E-state index contributed by atoms with van der Waals surface area (Å²) in [6.07, 6.45) is 3.63. The first-order valence-corrected chi connectivity index (χ1v) is 5.46. The van der Waals surface area contributed by atoms with E-state index >= 15 is 0 Å². The highest BCUT2D eigenvalue weighted by atomic mass is 15.3. The number of hydrazine groups is 1. The lowest BCUT2D eigenvalue weighted by molar-refractivity contribution is 0.643. The van der Waals surface area contributed by atoms with Crippen molar-refractivity contribution in [2.24, 2.45) is 5.84 Å². The Kier molecular flexibility index (Phi) is 4.90. The molecule has 0 aliphatic heterocycles. The van der Waals surface area contributed by atoms with Gasteiger partial charge in [0.15, 0.2) is 0 Å². The SMILES string of the molecule is CCCCC(C)Nc1cccc(NN)n1. The molecule has 0 aromatic carbocycles. The summed E-state index contributed by atoms with van der Waals surface area (Å²) in [6.45, 7) is 4.36. The largest absolute Gasteiger partial charge is 0.368 e. The van der Waals surface area contributed by atoms with Gasteiger partial charge in [-0.2, -0.15) is 0 Å². The van der Waals surface area contributed by atoms with Gasteiger partial charge < -0.3 is 10.7 Å². The summed E-state index contributed by atoms with van der Waals surface area (Å²) in [6, 6.07) is 6.16. The first kappa shape index (κ1) is 11.8. The maximum absolute atomic E-state index is 5.29. The molecule has 4 N–H and O–H groups in total. The Bertz CT molecular complexity index is 288. The van der Waals surface area contributed by atoms with Crippen molar-refractivity contribution < 1.29 is 0 Å². The average molecular weight is 208 g/mol. The van der Waals surface area contributed by atoms with Crippen molar-refractivity contribution in [3.63, 3.8) is 0 Å². The number of rotatable bonds is 6. The van der Waals surface area contributed by atoms with Crippen LogP contribution in [-0.2, 0) is 0 Å². The third-order valence-corrected chi connectivity index (χ3v) is 2.28. The third kappa shape index (κ3) is 4.16. The molecule has 4 heteroatoms. The van der Waals surface area contributed by atoms with Gasteiger partial charge in [-0.1, -0.05) is 25.8 Å². The zero-order valence-corrected chi connectivity index (χ0v) is 9.46. The predicted octanol–water partition coefficient (Wildman–Crippen LogP) is 2.36. The molecule has 0 radical (unpaired) electrons. The molecule has 1 aromatic rings. The van der Waals surface area contributed by atoms with Crippen molar-refractivity contribution in [3.05, 3.63) is 18.2 Å². The molecule has 0 saturated heterocycles. The molecule has 0 aliphatic rings. The van der Waals surface area contributed by atoms with E-state index in [-0.39, 0.29) is 0 Å². The predicted molar refractivity (Wildman–Crippen MR) is 64.7 cm³/mol. The summed E-state index contributed by atoms with van der Waals surface area (Å²) < 4.78 is 0. The fourth-order valence-corrected chi connectivity index (χ4v) is 1.43. The van der Waals surface area contributed by atoms with Gasteiger partial charge in [0.05, 0.1) is 0 Å². The fraction of sp³-hybridized carbons (Fsp3) is 0.545. The van der Waals surface area contributed by atoms with Gasteiger partial charge in [0.2, 0.25) is 0 Å². The van der Waals surface area contributed by atoms with Gasteiger partial charge in [-0.3, -0.25) is 0 Å². The maximum Gasteiger partial charge on any atom is 0.142 e. The Morgan fingerprint density at radius 3 is 2.80 bits per heavy atom. The van der Waals surface area contributed by atoms with Gasteiger partial charge in [0.1, 0.15) is 11.6 Å². The molecule has 0 aliphatic carbocycles. The number of nitrogens with one attached hydrogen (secondary N) is 2. The number of hydrogen-bond donors (Lipinski definition) is 3. The van der Waals surface area contributed by atoms with Gasteiger partial charge in [-0.05, 0) is 25.5 Å². The second kappa shape index (κ2) is 6.24. The van der Waals surface area contributed by atoms with Crippen LogP contribution in [0.2, 0.25) is 0 Å². The average Bonchev–Trinajstić information content (AvgIpc) is 2.26. The van der Waals surface area contributed by atoms with Crippen LogP contribution in [0.1, 0.15) is 33.1 Å². The minimum atomic E-state index is 0.450. The third-order valence-electron chi connectivity index (χ3n) is 2.28. The lowest BCUT2D eigenvalue weighted by Crippen LogP contribution is -2.16. The number of anilines is 2. The Morgan fingerprint density at radius 2 is 2.13 bits per heavy atom. The van der Waals surface area contributed by atoms with E-state index < -0.39 is 0 Å². The molecular formula is C11H20N4. The van der Waals surface area contributed by atoms with Gasteiger partial charge >= 0.3 is 0 Å². The summed E-state index contributed by atoms with van der Waals surface area (Å²) >= 11 is 0. The van der Waals surface area contributed by atoms with Crippen LogP contribution in [0.15, 0.2) is 18.2 Å². The molecule has 0 spiro atoms. The van der Waals surface area contributed by atoms with Crippen molar-refractivity contribution in [2.75, 3.05) is 10.7 Å². The number of pyridine rings is 1. The molecule has 4 nitrogen and oxygen atoms in total. The summed E-state index contributed by atoms with van der Waals surface area (Å²) in [5.74, 6) is 6.84. The highest BCUT2D eigenvalue weighted by Crippen LogP contribution is 2.11. The van der Waals surface area contributed by atoms with Crippen LogP contribution in [0.5, 0.6) is 0 Å². The highest BCUT2D eigenvalue weighted by molar-refractivity contribution is 5.44. The van der Waals surface area contributed by atoms with Gasteiger partial charge in [-0.15, -0.1) is 0 Å². The highest BCUT2D eigenvalue weighted by Gasteiger charge is 2.02. The van der Waals surface area contributed by atoms with Gasteiger partial charge in [-0.25, -0.2) is 10.8 Å². The molecule has 0 fully saturated rings. The molecule has 1 heterocycles. The van der Waals surface area contributed by atoms with E-state index in [0.29, 0.717) is 11.9 Å². The van der Waals surface area contributed by atoms with Gasteiger partial charge in [0.25, 0.3) is 0 Å². The zero-order chi connectivity index (χ0) is 11.1. The number of nitrogen functional groups attached to an aromatic ring is 1. The monoisotopic (exact) mass is 208 g/mol. The molecular weight excluding hydrogens is 188 g/mol. The smallest absolute Gasteiger partial charge is 0.142 e. The minimum Gasteiger partial charge on any atom is -0.368 e. The number of nitrogens with zero attached hydrogens (tertiary/aromatic N) is 1. The topological polar surface area (TPSA) is 63.0 Å². The number of nitrogens with two attached hydrogens (primary N) is 1. The quantitative estimate of drug-likeness (QED) is 0.496. The fourth-order valence-electron chi connectivity index (χ4n) is 1.43. The van der Waals surface area contributed by atoms with Crippen molar-refractivity contribution in [1.29, 1.82) is 0 Å². The van der Waals surface area contributed by atoms with Gasteiger partial charge in [0, 0.05) is 6.04 Å². The molecule has 0 amide bonds. The standard InChI is InChI=1S/C11H20N4/c1-3-4-6-9(2)13-10-7-5-8-11(14-10)15-12/h5,7-9H,3-4,6,12H2,1-2H3,(H2,13,14,15). The summed E-state index contributed by atoms with van der Waals surface area (Å²) in [5, 5.41) is 3.34. The first-order chi connectivity index (χ1) is 7.26. The Hall–Kier alpha value is -1.29. The zero-order valence-electron chi connectivity index (χ0n) is 9.46. The van der Waals surface area contributed by atoms with E-state index in [9.17, 15) is 0 Å². The molecule has 1 atom stereocenters. The van der Waals surface area contributed by atoms with Crippen LogP contribution in [-0.4, -0.2) is 11.0 Å². The molecule has 1 unspecified atom stereocenters. The molecule has 15 heavy (non-hydrogen) atoms. The van der Waals surface area contributed by atoms with Crippen molar-refractivity contribution >= 4 is 11.6 Å². The summed E-state index contributed by atoms with van der Waals surface area (Å²) in [4.78, 5) is 4.29. The van der Waals surface area contributed by atoms with Crippen LogP contribution >= 0.6 is 0 Å². The van der Waals surface area contributed by atoms with Crippen molar-refractivity contribution in [1.82, 2.24) is 4.98 Å². The van der Waals surface area contributed by atoms with E-state index in [1.54, 1.807) is 0 Å². The van der Waals surface area contributed by atoms with Crippen LogP contribution in [0.3, 0.4) is 0 Å². The molecule has 1 rings (SSSR count). The Morgan fingerprint density at radius 1 is 1.40 bits per heavy atom. The van der Waals surface area contributed by atoms with E-state index in [0.717, 1.165) is 5.82 Å². The second-order valence-electron chi connectivity index (χ2n) is 3.74. The normalized spacial score (nSPS) is 12.2. The molecule has 0 saturated carbocycles.